The number of unbranched alkanes of at least 4 members (excludes halogenated alkanes) is 7. The molecule has 0 saturated heterocycles. The highest BCUT2D eigenvalue weighted by Crippen LogP contribution is 2.18. The topological polar surface area (TPSA) is 66.8 Å². The Bertz CT molecular complexity index is 503. The number of aliphatic hydroxyl groups is 1. The van der Waals surface area contributed by atoms with E-state index in [0.29, 0.717) is 19.4 Å². The van der Waals surface area contributed by atoms with Crippen LogP contribution in [0.1, 0.15) is 102 Å². The molecule has 1 rings (SSSR count). The standard InChI is InChI=1S/C25H42O4/c1-2-3-4-5-6-7-11-17-24(29-21-22-14-9-8-10-15-22)20-19-23(26)16-12-13-18-25(27)28/h8-10,14-15,23-24,26H,2-7,11-13,16-21H2,1H3,(H,27,28). The fraction of sp³-hybridized carbons (Fsp3) is 0.720. The second-order valence-electron chi connectivity index (χ2n) is 8.20. The van der Waals surface area contributed by atoms with Gasteiger partial charge in [0.25, 0.3) is 0 Å². The zero-order chi connectivity index (χ0) is 21.2. The van der Waals surface area contributed by atoms with E-state index in [2.05, 4.69) is 19.1 Å². The van der Waals surface area contributed by atoms with Gasteiger partial charge in [-0.25, -0.2) is 0 Å². The molecule has 0 aromatic heterocycles. The van der Waals surface area contributed by atoms with Crippen LogP contribution in [0.3, 0.4) is 0 Å². The molecule has 0 aliphatic heterocycles. The number of carboxylic acids is 1. The Labute approximate surface area is 177 Å². The number of aliphatic hydroxyl groups excluding tert-OH is 1. The molecular weight excluding hydrogens is 364 g/mol. The summed E-state index contributed by atoms with van der Waals surface area (Å²) in [6.07, 6.45) is 13.8. The molecule has 0 radical (unpaired) electrons. The molecule has 0 fully saturated rings. The second-order valence-corrected chi connectivity index (χ2v) is 8.20. The van der Waals surface area contributed by atoms with E-state index in [1.54, 1.807) is 0 Å². The van der Waals surface area contributed by atoms with Gasteiger partial charge in [-0.05, 0) is 37.7 Å². The van der Waals surface area contributed by atoms with Crippen LogP contribution < -0.4 is 0 Å². The van der Waals surface area contributed by atoms with Gasteiger partial charge in [-0.3, -0.25) is 4.79 Å². The number of rotatable bonds is 19. The molecule has 0 heterocycles. The lowest BCUT2D eigenvalue weighted by Crippen LogP contribution is -2.17. The number of carbonyl (C=O) groups is 1. The van der Waals surface area contributed by atoms with Gasteiger partial charge in [0.15, 0.2) is 0 Å². The smallest absolute Gasteiger partial charge is 0.303 e. The van der Waals surface area contributed by atoms with E-state index in [1.807, 2.05) is 18.2 Å². The lowest BCUT2D eigenvalue weighted by atomic mass is 10.00. The highest BCUT2D eigenvalue weighted by molar-refractivity contribution is 5.66. The Morgan fingerprint density at radius 1 is 0.862 bits per heavy atom. The lowest BCUT2D eigenvalue weighted by molar-refractivity contribution is -0.137. The van der Waals surface area contributed by atoms with Gasteiger partial charge in [0.05, 0.1) is 18.8 Å². The number of ether oxygens (including phenoxy) is 1. The van der Waals surface area contributed by atoms with Crippen LogP contribution in [0.25, 0.3) is 0 Å². The first-order valence-corrected chi connectivity index (χ1v) is 11.7. The first kappa shape index (κ1) is 25.6. The maximum atomic E-state index is 10.6. The molecule has 0 bridgehead atoms. The molecule has 1 aromatic carbocycles. The molecular formula is C25H42O4. The van der Waals surface area contributed by atoms with Gasteiger partial charge in [0.2, 0.25) is 0 Å². The van der Waals surface area contributed by atoms with Crippen molar-refractivity contribution in [2.75, 3.05) is 0 Å². The van der Waals surface area contributed by atoms with E-state index in [4.69, 9.17) is 9.84 Å². The van der Waals surface area contributed by atoms with Gasteiger partial charge in [0.1, 0.15) is 0 Å². The predicted octanol–water partition coefficient (Wildman–Crippen LogP) is 6.50. The van der Waals surface area contributed by atoms with Crippen molar-refractivity contribution in [2.24, 2.45) is 0 Å². The molecule has 0 amide bonds. The van der Waals surface area contributed by atoms with Crippen LogP contribution in [0, 0.1) is 0 Å². The molecule has 4 heteroatoms. The van der Waals surface area contributed by atoms with Crippen LogP contribution >= 0.6 is 0 Å². The largest absolute Gasteiger partial charge is 0.481 e. The van der Waals surface area contributed by atoms with Gasteiger partial charge in [-0.15, -0.1) is 0 Å². The van der Waals surface area contributed by atoms with E-state index in [9.17, 15) is 9.90 Å². The van der Waals surface area contributed by atoms with Gasteiger partial charge >= 0.3 is 5.97 Å². The first-order valence-electron chi connectivity index (χ1n) is 11.7. The van der Waals surface area contributed by atoms with Gasteiger partial charge in [0, 0.05) is 6.42 Å². The van der Waals surface area contributed by atoms with Crippen LogP contribution in [-0.2, 0) is 16.1 Å². The maximum Gasteiger partial charge on any atom is 0.303 e. The monoisotopic (exact) mass is 406 g/mol. The normalized spacial score (nSPS) is 13.3. The molecule has 1 aromatic rings. The molecule has 4 nitrogen and oxygen atoms in total. The van der Waals surface area contributed by atoms with Crippen molar-refractivity contribution in [1.29, 1.82) is 0 Å². The fourth-order valence-corrected chi connectivity index (χ4v) is 3.61. The van der Waals surface area contributed by atoms with Crippen molar-refractivity contribution in [3.05, 3.63) is 35.9 Å². The third-order valence-electron chi connectivity index (χ3n) is 5.46. The zero-order valence-electron chi connectivity index (χ0n) is 18.4. The summed E-state index contributed by atoms with van der Waals surface area (Å²) in [5.41, 5.74) is 1.19. The van der Waals surface area contributed by atoms with E-state index >= 15 is 0 Å². The average Bonchev–Trinajstić information content (AvgIpc) is 2.72. The van der Waals surface area contributed by atoms with Crippen LogP contribution in [0.15, 0.2) is 30.3 Å². The van der Waals surface area contributed by atoms with Gasteiger partial charge in [-0.1, -0.05) is 88.6 Å². The van der Waals surface area contributed by atoms with Crippen molar-refractivity contribution >= 4 is 5.97 Å². The van der Waals surface area contributed by atoms with Crippen molar-refractivity contribution in [3.63, 3.8) is 0 Å². The van der Waals surface area contributed by atoms with Crippen LogP contribution in [-0.4, -0.2) is 28.4 Å². The predicted molar refractivity (Wildman–Crippen MR) is 119 cm³/mol. The van der Waals surface area contributed by atoms with Crippen LogP contribution in [0.2, 0.25) is 0 Å². The third-order valence-corrected chi connectivity index (χ3v) is 5.46. The van der Waals surface area contributed by atoms with Crippen molar-refractivity contribution in [2.45, 2.75) is 116 Å². The SMILES string of the molecule is CCCCCCCCCC(CCC(O)CCCCC(=O)O)OCc1ccccc1. The van der Waals surface area contributed by atoms with Gasteiger partial charge < -0.3 is 14.9 Å². The summed E-state index contributed by atoms with van der Waals surface area (Å²) >= 11 is 0. The Kier molecular flexibility index (Phi) is 15.4. The Morgan fingerprint density at radius 2 is 1.52 bits per heavy atom. The van der Waals surface area contributed by atoms with Crippen LogP contribution in [0.5, 0.6) is 0 Å². The molecule has 0 aliphatic carbocycles. The minimum atomic E-state index is -0.761. The number of aliphatic carboxylic acids is 1. The van der Waals surface area contributed by atoms with E-state index in [0.717, 1.165) is 25.7 Å². The van der Waals surface area contributed by atoms with Crippen molar-refractivity contribution in [3.8, 4) is 0 Å². The molecule has 2 unspecified atom stereocenters. The van der Waals surface area contributed by atoms with Crippen LogP contribution in [0.4, 0.5) is 0 Å². The molecule has 2 N–H and O–H groups in total. The Hall–Kier alpha value is -1.39. The molecule has 0 saturated carbocycles. The highest BCUT2D eigenvalue weighted by Gasteiger charge is 2.13. The molecule has 166 valence electrons. The molecule has 0 spiro atoms. The number of hydrogen-bond donors (Lipinski definition) is 2. The van der Waals surface area contributed by atoms with Crippen molar-refractivity contribution in [1.82, 2.24) is 0 Å². The number of benzene rings is 1. The minimum Gasteiger partial charge on any atom is -0.481 e. The lowest BCUT2D eigenvalue weighted by Gasteiger charge is -2.20. The third kappa shape index (κ3) is 15.2. The zero-order valence-corrected chi connectivity index (χ0v) is 18.4. The summed E-state index contributed by atoms with van der Waals surface area (Å²) < 4.78 is 6.19. The number of carboxylic acid groups (broad SMARTS) is 1. The average molecular weight is 407 g/mol. The fourth-order valence-electron chi connectivity index (χ4n) is 3.61. The van der Waals surface area contributed by atoms with Gasteiger partial charge in [-0.2, -0.15) is 0 Å². The summed E-state index contributed by atoms with van der Waals surface area (Å²) in [7, 11) is 0. The summed E-state index contributed by atoms with van der Waals surface area (Å²) in [6.45, 7) is 2.87. The van der Waals surface area contributed by atoms with Crippen molar-refractivity contribution < 1.29 is 19.7 Å². The maximum absolute atomic E-state index is 10.6. The quantitative estimate of drug-likeness (QED) is 0.257. The summed E-state index contributed by atoms with van der Waals surface area (Å²) in [4.78, 5) is 10.6. The minimum absolute atomic E-state index is 0.180. The molecule has 29 heavy (non-hydrogen) atoms. The molecule has 2 atom stereocenters. The summed E-state index contributed by atoms with van der Waals surface area (Å²) in [6, 6.07) is 10.3. The molecule has 0 aliphatic rings. The Morgan fingerprint density at radius 3 is 2.21 bits per heavy atom. The number of hydrogen-bond acceptors (Lipinski definition) is 3. The Balaban J connectivity index is 2.30. The highest BCUT2D eigenvalue weighted by atomic mass is 16.5. The van der Waals surface area contributed by atoms with E-state index in [1.165, 1.54) is 50.5 Å². The summed E-state index contributed by atoms with van der Waals surface area (Å²) in [5, 5.41) is 18.9. The summed E-state index contributed by atoms with van der Waals surface area (Å²) in [5.74, 6) is -0.761. The second kappa shape index (κ2) is 17.5. The van der Waals surface area contributed by atoms with E-state index < -0.39 is 5.97 Å². The first-order chi connectivity index (χ1) is 14.1. The van der Waals surface area contributed by atoms with E-state index in [-0.39, 0.29) is 18.6 Å².